The molecular formula is C15H19NO4S. The number of hydrogen-bond donors (Lipinski definition) is 2. The van der Waals surface area contributed by atoms with E-state index in [4.69, 9.17) is 4.74 Å². The second-order valence-electron chi connectivity index (χ2n) is 5.79. The first-order valence-corrected chi connectivity index (χ1v) is 8.13. The van der Waals surface area contributed by atoms with Crippen molar-refractivity contribution in [1.82, 2.24) is 5.32 Å². The van der Waals surface area contributed by atoms with Crippen LogP contribution < -0.4 is 5.32 Å². The summed E-state index contributed by atoms with van der Waals surface area (Å²) in [6.07, 6.45) is 4.18. The van der Waals surface area contributed by atoms with Crippen LogP contribution in [0.4, 0.5) is 0 Å². The van der Waals surface area contributed by atoms with Crippen molar-refractivity contribution in [3.63, 3.8) is 0 Å². The molecule has 0 atom stereocenters. The van der Waals surface area contributed by atoms with Crippen LogP contribution in [0.5, 0.6) is 0 Å². The Hall–Kier alpha value is -1.40. The van der Waals surface area contributed by atoms with Gasteiger partial charge in [0.25, 0.3) is 5.91 Å². The van der Waals surface area contributed by atoms with Crippen LogP contribution in [-0.2, 0) is 22.4 Å². The minimum Gasteiger partial charge on any atom is -0.481 e. The monoisotopic (exact) mass is 309 g/mol. The van der Waals surface area contributed by atoms with Crippen molar-refractivity contribution in [2.45, 2.75) is 32.1 Å². The lowest BCUT2D eigenvalue weighted by Crippen LogP contribution is -2.46. The van der Waals surface area contributed by atoms with Crippen molar-refractivity contribution in [3.8, 4) is 0 Å². The van der Waals surface area contributed by atoms with Gasteiger partial charge in [-0.3, -0.25) is 9.59 Å². The molecule has 0 spiro atoms. The predicted molar refractivity (Wildman–Crippen MR) is 78.8 cm³/mol. The second kappa shape index (κ2) is 5.77. The van der Waals surface area contributed by atoms with E-state index in [0.29, 0.717) is 30.9 Å². The molecule has 114 valence electrons. The van der Waals surface area contributed by atoms with E-state index in [-0.39, 0.29) is 12.5 Å². The molecule has 2 aliphatic rings. The maximum atomic E-state index is 12.2. The van der Waals surface area contributed by atoms with Crippen molar-refractivity contribution in [2.24, 2.45) is 5.41 Å². The molecule has 6 heteroatoms. The normalized spacial score (nSPS) is 20.0. The fourth-order valence-electron chi connectivity index (χ4n) is 3.01. The summed E-state index contributed by atoms with van der Waals surface area (Å²) in [5.74, 6) is -0.999. The Morgan fingerprint density at radius 3 is 2.76 bits per heavy atom. The van der Waals surface area contributed by atoms with Gasteiger partial charge in [0.1, 0.15) is 0 Å². The molecule has 1 aliphatic heterocycles. The van der Waals surface area contributed by atoms with Gasteiger partial charge in [0.05, 0.1) is 10.3 Å². The van der Waals surface area contributed by atoms with Gasteiger partial charge in [-0.2, -0.15) is 0 Å². The Morgan fingerprint density at radius 1 is 1.33 bits per heavy atom. The van der Waals surface area contributed by atoms with E-state index in [1.165, 1.54) is 28.2 Å². The number of carboxylic acids is 1. The molecule has 1 saturated heterocycles. The Kier molecular flexibility index (Phi) is 3.99. The maximum Gasteiger partial charge on any atom is 0.311 e. The highest BCUT2D eigenvalue weighted by molar-refractivity contribution is 7.14. The average molecular weight is 309 g/mol. The number of aliphatic carboxylic acids is 1. The Labute approximate surface area is 127 Å². The van der Waals surface area contributed by atoms with Gasteiger partial charge in [-0.05, 0) is 43.7 Å². The molecule has 0 aromatic carbocycles. The fraction of sp³-hybridized carbons (Fsp3) is 0.600. The fourth-order valence-corrected chi connectivity index (χ4v) is 4.18. The van der Waals surface area contributed by atoms with E-state index < -0.39 is 11.4 Å². The number of amides is 1. The zero-order chi connectivity index (χ0) is 14.9. The third-order valence-electron chi connectivity index (χ3n) is 4.46. The number of nitrogens with one attached hydrogen (secondary N) is 1. The third kappa shape index (κ3) is 2.82. The number of rotatable bonds is 4. The molecule has 1 aromatic heterocycles. The number of ether oxygens (including phenoxy) is 1. The van der Waals surface area contributed by atoms with Crippen LogP contribution in [0.3, 0.4) is 0 Å². The van der Waals surface area contributed by atoms with Gasteiger partial charge < -0.3 is 15.2 Å². The molecule has 5 nitrogen and oxygen atoms in total. The van der Waals surface area contributed by atoms with E-state index in [2.05, 4.69) is 5.32 Å². The molecule has 0 saturated carbocycles. The van der Waals surface area contributed by atoms with Crippen molar-refractivity contribution in [1.29, 1.82) is 0 Å². The Balaban J connectivity index is 1.65. The first kappa shape index (κ1) is 14.5. The largest absolute Gasteiger partial charge is 0.481 e. The van der Waals surface area contributed by atoms with E-state index in [1.807, 2.05) is 6.07 Å². The third-order valence-corrected chi connectivity index (χ3v) is 5.70. The van der Waals surface area contributed by atoms with Crippen LogP contribution >= 0.6 is 11.3 Å². The highest BCUT2D eigenvalue weighted by Gasteiger charge is 2.40. The molecule has 3 rings (SSSR count). The lowest BCUT2D eigenvalue weighted by atomic mass is 9.80. The van der Waals surface area contributed by atoms with Crippen molar-refractivity contribution in [3.05, 3.63) is 21.4 Å². The molecule has 1 aliphatic carbocycles. The van der Waals surface area contributed by atoms with Gasteiger partial charge in [-0.1, -0.05) is 0 Å². The summed E-state index contributed by atoms with van der Waals surface area (Å²) in [6, 6.07) is 1.96. The van der Waals surface area contributed by atoms with Crippen molar-refractivity contribution in [2.75, 3.05) is 19.8 Å². The quantitative estimate of drug-likeness (QED) is 0.890. The first-order valence-electron chi connectivity index (χ1n) is 7.32. The van der Waals surface area contributed by atoms with Gasteiger partial charge in [-0.15, -0.1) is 11.3 Å². The van der Waals surface area contributed by atoms with Crippen LogP contribution in [0, 0.1) is 5.41 Å². The van der Waals surface area contributed by atoms with E-state index in [1.54, 1.807) is 0 Å². The molecular weight excluding hydrogens is 290 g/mol. The van der Waals surface area contributed by atoms with Crippen LogP contribution in [0.1, 0.15) is 39.4 Å². The summed E-state index contributed by atoms with van der Waals surface area (Å²) in [4.78, 5) is 25.8. The molecule has 1 fully saturated rings. The number of thiophene rings is 1. The summed E-state index contributed by atoms with van der Waals surface area (Å²) < 4.78 is 5.23. The minimum atomic E-state index is -0.881. The topological polar surface area (TPSA) is 75.6 Å². The zero-order valence-electron chi connectivity index (χ0n) is 11.8. The van der Waals surface area contributed by atoms with Crippen LogP contribution in [0.25, 0.3) is 0 Å². The summed E-state index contributed by atoms with van der Waals surface area (Å²) in [6.45, 7) is 1.05. The molecule has 1 amide bonds. The highest BCUT2D eigenvalue weighted by atomic mass is 32.1. The van der Waals surface area contributed by atoms with E-state index >= 15 is 0 Å². The number of aryl methyl sites for hydroxylation is 2. The standard InChI is InChI=1S/C15H19NO4S/c17-13(12-8-10-2-1-3-11(10)21-12)16-9-15(14(18)19)4-6-20-7-5-15/h8H,1-7,9H2,(H,16,17)(H,18,19). The van der Waals surface area contributed by atoms with Gasteiger partial charge in [0.15, 0.2) is 0 Å². The smallest absolute Gasteiger partial charge is 0.311 e. The Morgan fingerprint density at radius 2 is 2.10 bits per heavy atom. The summed E-state index contributed by atoms with van der Waals surface area (Å²) in [5, 5.41) is 12.3. The molecule has 2 N–H and O–H groups in total. The lowest BCUT2D eigenvalue weighted by molar-refractivity contribution is -0.154. The molecule has 1 aromatic rings. The summed E-state index contributed by atoms with van der Waals surface area (Å²) in [5.41, 5.74) is 0.401. The second-order valence-corrected chi connectivity index (χ2v) is 6.93. The van der Waals surface area contributed by atoms with Gasteiger partial charge >= 0.3 is 5.97 Å². The predicted octanol–water partition coefficient (Wildman–Crippen LogP) is 1.85. The van der Waals surface area contributed by atoms with Crippen LogP contribution in [0.2, 0.25) is 0 Å². The van der Waals surface area contributed by atoms with Gasteiger partial charge in [0.2, 0.25) is 0 Å². The zero-order valence-corrected chi connectivity index (χ0v) is 12.6. The number of carbonyl (C=O) groups is 2. The SMILES string of the molecule is O=C(NCC1(C(=O)O)CCOCC1)c1cc2c(s1)CCC2. The number of fused-ring (bicyclic) bond motifs is 1. The lowest BCUT2D eigenvalue weighted by Gasteiger charge is -2.33. The molecule has 0 unspecified atom stereocenters. The number of carboxylic acid groups (broad SMARTS) is 1. The molecule has 21 heavy (non-hydrogen) atoms. The van der Waals surface area contributed by atoms with E-state index in [9.17, 15) is 14.7 Å². The van der Waals surface area contributed by atoms with Crippen LogP contribution in [0.15, 0.2) is 6.07 Å². The van der Waals surface area contributed by atoms with Gasteiger partial charge in [-0.25, -0.2) is 0 Å². The van der Waals surface area contributed by atoms with Gasteiger partial charge in [0, 0.05) is 24.6 Å². The van der Waals surface area contributed by atoms with Crippen molar-refractivity contribution < 1.29 is 19.4 Å². The van der Waals surface area contributed by atoms with Crippen LogP contribution in [-0.4, -0.2) is 36.7 Å². The minimum absolute atomic E-state index is 0.151. The van der Waals surface area contributed by atoms with E-state index in [0.717, 1.165) is 12.8 Å². The Bertz CT molecular complexity index is 539. The number of carbonyl (C=O) groups excluding carboxylic acids is 1. The van der Waals surface area contributed by atoms with Crippen molar-refractivity contribution >= 4 is 23.2 Å². The average Bonchev–Trinajstić information content (AvgIpc) is 3.07. The molecule has 2 heterocycles. The summed E-state index contributed by atoms with van der Waals surface area (Å²) >= 11 is 1.54. The molecule has 0 radical (unpaired) electrons. The first-order chi connectivity index (χ1) is 10.1. The maximum absolute atomic E-state index is 12.2. The number of hydrogen-bond acceptors (Lipinski definition) is 4. The summed E-state index contributed by atoms with van der Waals surface area (Å²) in [7, 11) is 0. The molecule has 0 bridgehead atoms. The highest BCUT2D eigenvalue weighted by Crippen LogP contribution is 2.32.